The number of carboxylic acids is 1. The van der Waals surface area contributed by atoms with Crippen molar-refractivity contribution in [2.45, 2.75) is 30.3 Å². The molecule has 18 heavy (non-hydrogen) atoms. The highest BCUT2D eigenvalue weighted by atomic mass is 32.2. The summed E-state index contributed by atoms with van der Waals surface area (Å²) in [6, 6.07) is 0. The van der Waals surface area contributed by atoms with Crippen molar-refractivity contribution in [3.63, 3.8) is 0 Å². The number of carbonyl (C=O) groups is 1. The third kappa shape index (κ3) is 2.65. The molecule has 2 rings (SSSR count). The molecule has 0 bridgehead atoms. The van der Waals surface area contributed by atoms with E-state index in [2.05, 4.69) is 20.2 Å². The molecule has 94 valence electrons. The van der Waals surface area contributed by atoms with Gasteiger partial charge in [0.1, 0.15) is 4.88 Å². The number of aromatic carboxylic acids is 1. The highest BCUT2D eigenvalue weighted by Gasteiger charge is 2.15. The molecule has 0 amide bonds. The lowest BCUT2D eigenvalue weighted by Crippen LogP contribution is -1.97. The van der Waals surface area contributed by atoms with Crippen LogP contribution in [0.2, 0.25) is 0 Å². The molecule has 0 aliphatic heterocycles. The summed E-state index contributed by atoms with van der Waals surface area (Å²) < 4.78 is 0.606. The number of hydrogen-bond acceptors (Lipinski definition) is 7. The maximum absolute atomic E-state index is 10.9. The molecule has 6 nitrogen and oxygen atoms in total. The van der Waals surface area contributed by atoms with Gasteiger partial charge in [-0.25, -0.2) is 14.8 Å². The Morgan fingerprint density at radius 2 is 1.83 bits per heavy atom. The van der Waals surface area contributed by atoms with Crippen LogP contribution < -0.4 is 0 Å². The Kier molecular flexibility index (Phi) is 3.58. The first-order valence-electron chi connectivity index (χ1n) is 5.04. The highest BCUT2D eigenvalue weighted by Crippen LogP contribution is 2.30. The summed E-state index contributed by atoms with van der Waals surface area (Å²) in [4.78, 5) is 19.6. The van der Waals surface area contributed by atoms with Crippen LogP contribution in [-0.4, -0.2) is 31.2 Å². The molecule has 0 fully saturated rings. The standard InChI is InChI=1S/C10H10N4O2S2/c1-4-5(2)13-14-9(11-4)18-10-12-6(3)7(17-10)8(15)16/h1-3H3,(H,15,16). The van der Waals surface area contributed by atoms with E-state index in [1.807, 2.05) is 13.8 Å². The van der Waals surface area contributed by atoms with E-state index in [9.17, 15) is 4.79 Å². The minimum absolute atomic E-state index is 0.245. The van der Waals surface area contributed by atoms with Crippen molar-refractivity contribution in [2.75, 3.05) is 0 Å². The van der Waals surface area contributed by atoms with Gasteiger partial charge in [0.25, 0.3) is 0 Å². The second kappa shape index (κ2) is 4.99. The molecule has 0 atom stereocenters. The molecule has 0 aromatic carbocycles. The Morgan fingerprint density at radius 3 is 2.39 bits per heavy atom. The normalized spacial score (nSPS) is 10.6. The smallest absolute Gasteiger partial charge is 0.347 e. The van der Waals surface area contributed by atoms with Crippen molar-refractivity contribution < 1.29 is 9.90 Å². The van der Waals surface area contributed by atoms with Crippen LogP contribution in [-0.2, 0) is 0 Å². The lowest BCUT2D eigenvalue weighted by molar-refractivity contribution is 0.0701. The van der Waals surface area contributed by atoms with Gasteiger partial charge in [0.15, 0.2) is 4.34 Å². The summed E-state index contributed by atoms with van der Waals surface area (Å²) in [5, 5.41) is 17.3. The van der Waals surface area contributed by atoms with E-state index in [0.29, 0.717) is 15.2 Å². The van der Waals surface area contributed by atoms with E-state index in [0.717, 1.165) is 22.7 Å². The van der Waals surface area contributed by atoms with Crippen molar-refractivity contribution >= 4 is 29.1 Å². The van der Waals surface area contributed by atoms with Gasteiger partial charge in [-0.2, -0.15) is 5.10 Å². The number of rotatable bonds is 3. The van der Waals surface area contributed by atoms with E-state index < -0.39 is 5.97 Å². The van der Waals surface area contributed by atoms with Crippen LogP contribution in [0.25, 0.3) is 0 Å². The predicted octanol–water partition coefficient (Wildman–Crippen LogP) is 2.10. The van der Waals surface area contributed by atoms with Crippen LogP contribution in [0.15, 0.2) is 9.50 Å². The molecular formula is C10H10N4O2S2. The Morgan fingerprint density at radius 1 is 1.11 bits per heavy atom. The van der Waals surface area contributed by atoms with Crippen molar-refractivity contribution in [1.82, 2.24) is 20.2 Å². The zero-order chi connectivity index (χ0) is 13.3. The third-order valence-electron chi connectivity index (χ3n) is 2.22. The lowest BCUT2D eigenvalue weighted by Gasteiger charge is -1.98. The van der Waals surface area contributed by atoms with Gasteiger partial charge in [0, 0.05) is 0 Å². The molecular weight excluding hydrogens is 272 g/mol. The molecule has 0 aliphatic rings. The van der Waals surface area contributed by atoms with Gasteiger partial charge in [0.2, 0.25) is 5.16 Å². The van der Waals surface area contributed by atoms with Gasteiger partial charge in [-0.05, 0) is 32.5 Å². The minimum Gasteiger partial charge on any atom is -0.477 e. The van der Waals surface area contributed by atoms with Crippen LogP contribution in [0.1, 0.15) is 26.8 Å². The van der Waals surface area contributed by atoms with Gasteiger partial charge in [-0.15, -0.1) is 5.10 Å². The Hall–Kier alpha value is -1.54. The van der Waals surface area contributed by atoms with E-state index in [-0.39, 0.29) is 4.88 Å². The average molecular weight is 282 g/mol. The number of hydrogen-bond donors (Lipinski definition) is 1. The first-order valence-corrected chi connectivity index (χ1v) is 6.67. The van der Waals surface area contributed by atoms with Crippen molar-refractivity contribution in [3.05, 3.63) is 22.0 Å². The first kappa shape index (κ1) is 12.9. The maximum Gasteiger partial charge on any atom is 0.347 e. The quantitative estimate of drug-likeness (QED) is 0.922. The number of aromatic nitrogens is 4. The van der Waals surface area contributed by atoms with E-state index in [1.165, 1.54) is 11.8 Å². The van der Waals surface area contributed by atoms with Gasteiger partial charge >= 0.3 is 5.97 Å². The predicted molar refractivity (Wildman–Crippen MR) is 67.2 cm³/mol. The lowest BCUT2D eigenvalue weighted by atomic mass is 10.4. The van der Waals surface area contributed by atoms with Crippen molar-refractivity contribution in [3.8, 4) is 0 Å². The van der Waals surface area contributed by atoms with Crippen LogP contribution >= 0.6 is 23.1 Å². The van der Waals surface area contributed by atoms with E-state index >= 15 is 0 Å². The van der Waals surface area contributed by atoms with E-state index in [4.69, 9.17) is 5.11 Å². The average Bonchev–Trinajstić information content (AvgIpc) is 2.65. The molecule has 0 saturated carbocycles. The molecule has 2 aromatic heterocycles. The maximum atomic E-state index is 10.9. The number of aryl methyl sites for hydroxylation is 3. The van der Waals surface area contributed by atoms with Crippen LogP contribution in [0, 0.1) is 20.8 Å². The third-order valence-corrected chi connectivity index (χ3v) is 4.28. The minimum atomic E-state index is -0.962. The fraction of sp³-hybridized carbons (Fsp3) is 0.300. The second-order valence-corrected chi connectivity index (χ2v) is 5.78. The van der Waals surface area contributed by atoms with Gasteiger partial charge < -0.3 is 5.11 Å². The molecule has 8 heteroatoms. The molecule has 0 spiro atoms. The Labute approximate surface area is 112 Å². The number of nitrogens with zero attached hydrogens (tertiary/aromatic N) is 4. The second-order valence-electron chi connectivity index (χ2n) is 3.57. The first-order chi connectivity index (χ1) is 8.47. The largest absolute Gasteiger partial charge is 0.477 e. The van der Waals surface area contributed by atoms with Crippen molar-refractivity contribution in [2.24, 2.45) is 0 Å². The fourth-order valence-electron chi connectivity index (χ4n) is 1.17. The zero-order valence-corrected chi connectivity index (χ0v) is 11.6. The summed E-state index contributed by atoms with van der Waals surface area (Å²) >= 11 is 2.34. The molecule has 2 aromatic rings. The topological polar surface area (TPSA) is 88.9 Å². The number of carboxylic acid groups (broad SMARTS) is 1. The molecule has 0 saturated heterocycles. The van der Waals surface area contributed by atoms with Gasteiger partial charge in [-0.1, -0.05) is 11.3 Å². The van der Waals surface area contributed by atoms with Crippen LogP contribution in [0.5, 0.6) is 0 Å². The molecule has 2 heterocycles. The Balaban J connectivity index is 2.26. The van der Waals surface area contributed by atoms with Crippen LogP contribution in [0.4, 0.5) is 0 Å². The summed E-state index contributed by atoms with van der Waals surface area (Å²) in [5.41, 5.74) is 2.09. The molecule has 0 aliphatic carbocycles. The molecule has 1 N–H and O–H groups in total. The van der Waals surface area contributed by atoms with Gasteiger partial charge in [-0.3, -0.25) is 0 Å². The van der Waals surface area contributed by atoms with Crippen LogP contribution in [0.3, 0.4) is 0 Å². The molecule has 0 radical (unpaired) electrons. The summed E-state index contributed by atoms with van der Waals surface area (Å²) in [7, 11) is 0. The monoisotopic (exact) mass is 282 g/mol. The number of thiazole rings is 1. The van der Waals surface area contributed by atoms with Crippen molar-refractivity contribution in [1.29, 1.82) is 0 Å². The molecule has 0 unspecified atom stereocenters. The summed E-state index contributed by atoms with van der Waals surface area (Å²) in [6.07, 6.45) is 0. The highest BCUT2D eigenvalue weighted by molar-refractivity contribution is 8.00. The summed E-state index contributed by atoms with van der Waals surface area (Å²) in [6.45, 7) is 5.35. The van der Waals surface area contributed by atoms with E-state index in [1.54, 1.807) is 6.92 Å². The zero-order valence-electron chi connectivity index (χ0n) is 9.96. The Bertz CT molecular complexity index is 612. The SMILES string of the molecule is Cc1nnc(Sc2nc(C)c(C(=O)O)s2)nc1C. The van der Waals surface area contributed by atoms with Gasteiger partial charge in [0.05, 0.1) is 17.1 Å². The summed E-state index contributed by atoms with van der Waals surface area (Å²) in [5.74, 6) is -0.962. The fourth-order valence-corrected chi connectivity index (χ4v) is 3.05.